The normalized spacial score (nSPS) is 13.8. The summed E-state index contributed by atoms with van der Waals surface area (Å²) in [5.41, 5.74) is 1.83. The first kappa shape index (κ1) is 21.1. The van der Waals surface area contributed by atoms with Crippen LogP contribution in [0.15, 0.2) is 59.1 Å². The Morgan fingerprint density at radius 1 is 1.06 bits per heavy atom. The third kappa shape index (κ3) is 5.31. The SMILES string of the molecule is O=C(CCc1ncc(-c2ccc(Cl)cc2)o1)Nc1ccccc1C(=O)N1CCOCC1. The molecule has 0 saturated carbocycles. The number of aromatic nitrogens is 1. The Kier molecular flexibility index (Phi) is 6.64. The van der Waals surface area contributed by atoms with E-state index in [9.17, 15) is 9.59 Å². The molecule has 2 amide bonds. The second-order valence-corrected chi connectivity index (χ2v) is 7.56. The van der Waals surface area contributed by atoms with Crippen LogP contribution in [0.1, 0.15) is 22.7 Å². The molecular weight excluding hydrogens is 418 g/mol. The maximum absolute atomic E-state index is 12.8. The summed E-state index contributed by atoms with van der Waals surface area (Å²) in [6.45, 7) is 2.13. The number of carbonyl (C=O) groups is 2. The third-order valence-electron chi connectivity index (χ3n) is 4.98. The van der Waals surface area contributed by atoms with Crippen LogP contribution in [0.3, 0.4) is 0 Å². The number of hydrogen-bond acceptors (Lipinski definition) is 5. The van der Waals surface area contributed by atoms with Gasteiger partial charge >= 0.3 is 0 Å². The summed E-state index contributed by atoms with van der Waals surface area (Å²) in [5, 5.41) is 3.49. The van der Waals surface area contributed by atoms with Gasteiger partial charge in [-0.25, -0.2) is 4.98 Å². The molecule has 1 aliphatic heterocycles. The zero-order chi connectivity index (χ0) is 21.6. The fraction of sp³-hybridized carbons (Fsp3) is 0.261. The minimum atomic E-state index is -0.214. The van der Waals surface area contributed by atoms with Gasteiger partial charge in [-0.15, -0.1) is 0 Å². The Balaban J connectivity index is 1.36. The second kappa shape index (κ2) is 9.76. The van der Waals surface area contributed by atoms with Gasteiger partial charge in [-0.05, 0) is 36.4 Å². The van der Waals surface area contributed by atoms with E-state index < -0.39 is 0 Å². The Morgan fingerprint density at radius 3 is 2.58 bits per heavy atom. The number of anilines is 1. The highest BCUT2D eigenvalue weighted by Crippen LogP contribution is 2.23. The minimum absolute atomic E-state index is 0.112. The molecule has 160 valence electrons. The average molecular weight is 440 g/mol. The topological polar surface area (TPSA) is 84.7 Å². The van der Waals surface area contributed by atoms with Crippen molar-refractivity contribution < 1.29 is 18.7 Å². The molecule has 7 nitrogen and oxygen atoms in total. The number of rotatable bonds is 6. The van der Waals surface area contributed by atoms with Crippen LogP contribution in [0.25, 0.3) is 11.3 Å². The van der Waals surface area contributed by atoms with Gasteiger partial charge < -0.3 is 19.4 Å². The third-order valence-corrected chi connectivity index (χ3v) is 5.23. The highest BCUT2D eigenvalue weighted by atomic mass is 35.5. The molecule has 0 aliphatic carbocycles. The molecule has 0 unspecified atom stereocenters. The molecular formula is C23H22ClN3O4. The van der Waals surface area contributed by atoms with Crippen LogP contribution in [0.2, 0.25) is 5.02 Å². The number of ether oxygens (including phenoxy) is 1. The van der Waals surface area contributed by atoms with Gasteiger partial charge in [0.15, 0.2) is 11.7 Å². The van der Waals surface area contributed by atoms with Gasteiger partial charge in [0.2, 0.25) is 5.91 Å². The molecule has 8 heteroatoms. The summed E-state index contributed by atoms with van der Waals surface area (Å²) in [6.07, 6.45) is 2.16. The van der Waals surface area contributed by atoms with Crippen molar-refractivity contribution in [3.63, 3.8) is 0 Å². The molecule has 0 radical (unpaired) electrons. The average Bonchev–Trinajstić information content (AvgIpc) is 3.28. The van der Waals surface area contributed by atoms with Crippen molar-refractivity contribution in [3.05, 3.63) is 71.2 Å². The van der Waals surface area contributed by atoms with E-state index >= 15 is 0 Å². The first-order valence-corrected chi connectivity index (χ1v) is 10.4. The van der Waals surface area contributed by atoms with Crippen LogP contribution in [0.5, 0.6) is 0 Å². The van der Waals surface area contributed by atoms with Crippen molar-refractivity contribution in [2.24, 2.45) is 0 Å². The van der Waals surface area contributed by atoms with E-state index in [4.69, 9.17) is 20.8 Å². The monoisotopic (exact) mass is 439 g/mol. The Bertz CT molecular complexity index is 1060. The molecule has 0 bridgehead atoms. The first-order chi connectivity index (χ1) is 15.1. The van der Waals surface area contributed by atoms with E-state index in [1.54, 1.807) is 47.5 Å². The number of nitrogens with zero attached hydrogens (tertiary/aromatic N) is 2. The minimum Gasteiger partial charge on any atom is -0.441 e. The van der Waals surface area contributed by atoms with Gasteiger partial charge in [-0.1, -0.05) is 23.7 Å². The molecule has 1 aliphatic rings. The van der Waals surface area contributed by atoms with Crippen molar-refractivity contribution in [3.8, 4) is 11.3 Å². The van der Waals surface area contributed by atoms with E-state index in [0.717, 1.165) is 5.56 Å². The first-order valence-electron chi connectivity index (χ1n) is 10.1. The number of oxazole rings is 1. The van der Waals surface area contributed by atoms with Crippen molar-refractivity contribution >= 4 is 29.1 Å². The van der Waals surface area contributed by atoms with Crippen LogP contribution >= 0.6 is 11.6 Å². The highest BCUT2D eigenvalue weighted by Gasteiger charge is 2.21. The smallest absolute Gasteiger partial charge is 0.256 e. The van der Waals surface area contributed by atoms with E-state index in [1.165, 1.54) is 0 Å². The number of halogens is 1. The Labute approximate surface area is 185 Å². The Morgan fingerprint density at radius 2 is 1.81 bits per heavy atom. The number of hydrogen-bond donors (Lipinski definition) is 1. The molecule has 0 spiro atoms. The number of aryl methyl sites for hydroxylation is 1. The summed E-state index contributed by atoms with van der Waals surface area (Å²) in [7, 11) is 0. The molecule has 4 rings (SSSR count). The van der Waals surface area contributed by atoms with Crippen LogP contribution in [-0.4, -0.2) is 48.0 Å². The fourth-order valence-corrected chi connectivity index (χ4v) is 3.45. The quantitative estimate of drug-likeness (QED) is 0.626. The van der Waals surface area contributed by atoms with Crippen molar-refractivity contribution in [1.29, 1.82) is 0 Å². The lowest BCUT2D eigenvalue weighted by Crippen LogP contribution is -2.41. The number of carbonyl (C=O) groups excluding carboxylic acids is 2. The summed E-state index contributed by atoms with van der Waals surface area (Å²) in [4.78, 5) is 31.3. The maximum Gasteiger partial charge on any atom is 0.256 e. The van der Waals surface area contributed by atoms with E-state index in [1.807, 2.05) is 12.1 Å². The number of morpholine rings is 1. The van der Waals surface area contributed by atoms with Gasteiger partial charge in [-0.2, -0.15) is 0 Å². The zero-order valence-electron chi connectivity index (χ0n) is 16.8. The van der Waals surface area contributed by atoms with Gasteiger partial charge in [0, 0.05) is 36.5 Å². The van der Waals surface area contributed by atoms with Crippen LogP contribution in [0.4, 0.5) is 5.69 Å². The second-order valence-electron chi connectivity index (χ2n) is 7.12. The van der Waals surface area contributed by atoms with Crippen LogP contribution < -0.4 is 5.32 Å². The molecule has 1 aromatic heterocycles. The fourth-order valence-electron chi connectivity index (χ4n) is 3.32. The number of nitrogens with one attached hydrogen (secondary N) is 1. The van der Waals surface area contributed by atoms with Crippen molar-refractivity contribution in [1.82, 2.24) is 9.88 Å². The Hall–Kier alpha value is -3.16. The van der Waals surface area contributed by atoms with E-state index in [2.05, 4.69) is 10.3 Å². The molecule has 1 saturated heterocycles. The van der Waals surface area contributed by atoms with Gasteiger partial charge in [0.1, 0.15) is 0 Å². The van der Waals surface area contributed by atoms with Crippen molar-refractivity contribution in [2.75, 3.05) is 31.6 Å². The summed E-state index contributed by atoms with van der Waals surface area (Å²) >= 11 is 5.91. The van der Waals surface area contributed by atoms with E-state index in [-0.39, 0.29) is 18.2 Å². The van der Waals surface area contributed by atoms with Gasteiger partial charge in [-0.3, -0.25) is 9.59 Å². The van der Waals surface area contributed by atoms with Gasteiger partial charge in [0.05, 0.1) is 30.7 Å². The standard InChI is InChI=1S/C23H22ClN3O4/c24-17-7-5-16(6-8-17)20-15-25-22(31-20)10-9-21(28)26-19-4-2-1-3-18(19)23(29)27-11-13-30-14-12-27/h1-8,15H,9-14H2,(H,26,28). The molecule has 2 heterocycles. The lowest BCUT2D eigenvalue weighted by Gasteiger charge is -2.27. The van der Waals surface area contributed by atoms with Crippen molar-refractivity contribution in [2.45, 2.75) is 12.8 Å². The van der Waals surface area contributed by atoms with Crippen LogP contribution in [-0.2, 0) is 16.0 Å². The van der Waals surface area contributed by atoms with E-state index in [0.29, 0.717) is 60.6 Å². The maximum atomic E-state index is 12.8. The summed E-state index contributed by atoms with van der Waals surface area (Å²) < 4.78 is 11.1. The zero-order valence-corrected chi connectivity index (χ0v) is 17.6. The molecule has 1 N–H and O–H groups in total. The molecule has 0 atom stereocenters. The number of benzene rings is 2. The molecule has 3 aromatic rings. The highest BCUT2D eigenvalue weighted by molar-refractivity contribution is 6.30. The van der Waals surface area contributed by atoms with Crippen LogP contribution in [0, 0.1) is 0 Å². The summed E-state index contributed by atoms with van der Waals surface area (Å²) in [6, 6.07) is 14.3. The lowest BCUT2D eigenvalue weighted by atomic mass is 10.1. The van der Waals surface area contributed by atoms with Gasteiger partial charge in [0.25, 0.3) is 5.91 Å². The predicted octanol–water partition coefficient (Wildman–Crippen LogP) is 4.04. The predicted molar refractivity (Wildman–Crippen MR) is 117 cm³/mol. The lowest BCUT2D eigenvalue weighted by molar-refractivity contribution is -0.116. The number of para-hydroxylation sites is 1. The molecule has 31 heavy (non-hydrogen) atoms. The number of amides is 2. The largest absolute Gasteiger partial charge is 0.441 e. The molecule has 1 fully saturated rings. The summed E-state index contributed by atoms with van der Waals surface area (Å²) in [5.74, 6) is 0.763. The molecule has 2 aromatic carbocycles.